The van der Waals surface area contributed by atoms with Crippen LogP contribution in [0.2, 0.25) is 0 Å². The van der Waals surface area contributed by atoms with E-state index in [1.807, 2.05) is 0 Å². The van der Waals surface area contributed by atoms with E-state index >= 15 is 0 Å². The molecule has 3 aromatic rings. The SMILES string of the molecule is Cc1cn(CC(O)COc2ccc(F)cc2)c(=O)n1-c1cccc([N+](=O)[O-])c1. The smallest absolute Gasteiger partial charge is 0.333 e. The predicted molar refractivity (Wildman–Crippen MR) is 99.3 cm³/mol. The van der Waals surface area contributed by atoms with Gasteiger partial charge in [-0.2, -0.15) is 0 Å². The number of aliphatic hydroxyl groups is 1. The van der Waals surface area contributed by atoms with Crippen LogP contribution in [-0.2, 0) is 6.54 Å². The zero-order valence-electron chi connectivity index (χ0n) is 15.0. The molecule has 0 amide bonds. The summed E-state index contributed by atoms with van der Waals surface area (Å²) >= 11 is 0. The quantitative estimate of drug-likeness (QED) is 0.496. The Balaban J connectivity index is 1.74. The summed E-state index contributed by atoms with van der Waals surface area (Å²) in [6.45, 7) is 1.58. The second-order valence-electron chi connectivity index (χ2n) is 6.24. The van der Waals surface area contributed by atoms with Crippen LogP contribution in [0.1, 0.15) is 5.69 Å². The van der Waals surface area contributed by atoms with Gasteiger partial charge in [-0.25, -0.2) is 9.18 Å². The zero-order chi connectivity index (χ0) is 20.3. The lowest BCUT2D eigenvalue weighted by molar-refractivity contribution is -0.384. The van der Waals surface area contributed by atoms with E-state index < -0.39 is 22.5 Å². The van der Waals surface area contributed by atoms with Crippen molar-refractivity contribution in [1.29, 1.82) is 0 Å². The number of imidazole rings is 1. The van der Waals surface area contributed by atoms with Crippen molar-refractivity contribution in [3.63, 3.8) is 0 Å². The highest BCUT2D eigenvalue weighted by Gasteiger charge is 2.16. The van der Waals surface area contributed by atoms with Gasteiger partial charge in [0.15, 0.2) is 0 Å². The average molecular weight is 387 g/mol. The van der Waals surface area contributed by atoms with Crippen LogP contribution in [0.4, 0.5) is 10.1 Å². The number of rotatable bonds is 7. The number of hydrogen-bond donors (Lipinski definition) is 1. The molecule has 1 atom stereocenters. The maximum atomic E-state index is 12.9. The third-order valence-corrected chi connectivity index (χ3v) is 4.09. The molecule has 0 aliphatic heterocycles. The third kappa shape index (κ3) is 4.26. The van der Waals surface area contributed by atoms with E-state index in [1.165, 1.54) is 51.6 Å². The number of aryl methyl sites for hydroxylation is 1. The summed E-state index contributed by atoms with van der Waals surface area (Å²) in [4.78, 5) is 23.1. The molecule has 0 aliphatic carbocycles. The summed E-state index contributed by atoms with van der Waals surface area (Å²) in [6, 6.07) is 11.1. The fourth-order valence-corrected chi connectivity index (χ4v) is 2.81. The van der Waals surface area contributed by atoms with Gasteiger partial charge in [-0.1, -0.05) is 6.07 Å². The van der Waals surface area contributed by atoms with Crippen LogP contribution in [0.15, 0.2) is 59.5 Å². The Hall–Kier alpha value is -3.46. The van der Waals surface area contributed by atoms with Crippen LogP contribution in [0, 0.1) is 22.9 Å². The molecule has 0 aliphatic rings. The van der Waals surface area contributed by atoms with E-state index in [0.29, 0.717) is 17.1 Å². The largest absolute Gasteiger partial charge is 0.491 e. The molecule has 9 heteroatoms. The lowest BCUT2D eigenvalue weighted by Gasteiger charge is -2.12. The molecule has 0 spiro atoms. The molecule has 1 unspecified atom stereocenters. The number of aliphatic hydroxyl groups excluding tert-OH is 1. The molecule has 1 aromatic heterocycles. The van der Waals surface area contributed by atoms with Gasteiger partial charge in [-0.05, 0) is 37.3 Å². The van der Waals surface area contributed by atoms with E-state index in [9.17, 15) is 24.4 Å². The minimum absolute atomic E-state index is 0.0250. The summed E-state index contributed by atoms with van der Waals surface area (Å²) in [6.07, 6.45) is 0.575. The van der Waals surface area contributed by atoms with Gasteiger partial charge >= 0.3 is 5.69 Å². The molecule has 3 rings (SSSR count). The first-order valence-corrected chi connectivity index (χ1v) is 8.45. The van der Waals surface area contributed by atoms with Crippen LogP contribution in [-0.4, -0.2) is 31.9 Å². The van der Waals surface area contributed by atoms with E-state index in [2.05, 4.69) is 0 Å². The van der Waals surface area contributed by atoms with Gasteiger partial charge in [0.25, 0.3) is 5.69 Å². The van der Waals surface area contributed by atoms with Crippen molar-refractivity contribution in [2.24, 2.45) is 0 Å². The van der Waals surface area contributed by atoms with E-state index in [-0.39, 0.29) is 18.8 Å². The Kier molecular flexibility index (Phi) is 5.55. The molecule has 0 fully saturated rings. The van der Waals surface area contributed by atoms with Gasteiger partial charge in [-0.3, -0.25) is 19.2 Å². The number of halogens is 1. The van der Waals surface area contributed by atoms with Crippen LogP contribution >= 0.6 is 0 Å². The normalized spacial score (nSPS) is 12.0. The number of hydrogen-bond acceptors (Lipinski definition) is 5. The minimum Gasteiger partial charge on any atom is -0.491 e. The summed E-state index contributed by atoms with van der Waals surface area (Å²) < 4.78 is 20.9. The van der Waals surface area contributed by atoms with Crippen LogP contribution < -0.4 is 10.4 Å². The fraction of sp³-hybridized carbons (Fsp3) is 0.211. The topological polar surface area (TPSA) is 99.5 Å². The first kappa shape index (κ1) is 19.3. The first-order chi connectivity index (χ1) is 13.3. The zero-order valence-corrected chi connectivity index (χ0v) is 15.0. The van der Waals surface area contributed by atoms with Crippen LogP contribution in [0.5, 0.6) is 5.75 Å². The number of nitro groups is 1. The van der Waals surface area contributed by atoms with Crippen molar-refractivity contribution in [2.45, 2.75) is 19.6 Å². The van der Waals surface area contributed by atoms with Gasteiger partial charge in [-0.15, -0.1) is 0 Å². The monoisotopic (exact) mass is 387 g/mol. The molecule has 28 heavy (non-hydrogen) atoms. The maximum absolute atomic E-state index is 12.9. The molecule has 0 saturated carbocycles. The molecule has 1 N–H and O–H groups in total. The Morgan fingerprint density at radius 2 is 1.96 bits per heavy atom. The fourth-order valence-electron chi connectivity index (χ4n) is 2.81. The lowest BCUT2D eigenvalue weighted by Crippen LogP contribution is -2.31. The molecular weight excluding hydrogens is 369 g/mol. The number of ether oxygens (including phenoxy) is 1. The van der Waals surface area contributed by atoms with E-state index in [4.69, 9.17) is 4.74 Å². The Morgan fingerprint density at radius 3 is 2.64 bits per heavy atom. The third-order valence-electron chi connectivity index (χ3n) is 4.09. The van der Waals surface area contributed by atoms with E-state index in [0.717, 1.165) is 0 Å². The number of nitrogens with zero attached hydrogens (tertiary/aromatic N) is 3. The second kappa shape index (κ2) is 8.05. The molecule has 146 valence electrons. The highest BCUT2D eigenvalue weighted by Crippen LogP contribution is 2.17. The van der Waals surface area contributed by atoms with Gasteiger partial charge in [0.05, 0.1) is 17.2 Å². The Labute approximate surface area is 159 Å². The summed E-state index contributed by atoms with van der Waals surface area (Å²) in [5.74, 6) is 0.00978. The molecule has 0 bridgehead atoms. The average Bonchev–Trinajstić information content (AvgIpc) is 2.94. The number of aromatic nitrogens is 2. The van der Waals surface area contributed by atoms with Gasteiger partial charge < -0.3 is 9.84 Å². The molecule has 2 aromatic carbocycles. The van der Waals surface area contributed by atoms with Crippen molar-refractivity contribution in [1.82, 2.24) is 9.13 Å². The molecular formula is C19H18FN3O5. The summed E-state index contributed by atoms with van der Waals surface area (Å²) in [7, 11) is 0. The number of nitro benzene ring substituents is 1. The molecule has 0 radical (unpaired) electrons. The van der Waals surface area contributed by atoms with Gasteiger partial charge in [0, 0.05) is 24.0 Å². The van der Waals surface area contributed by atoms with Crippen LogP contribution in [0.3, 0.4) is 0 Å². The maximum Gasteiger partial charge on any atom is 0.333 e. The van der Waals surface area contributed by atoms with Crippen molar-refractivity contribution in [2.75, 3.05) is 6.61 Å². The Morgan fingerprint density at radius 1 is 1.25 bits per heavy atom. The highest BCUT2D eigenvalue weighted by molar-refractivity contribution is 5.44. The number of non-ortho nitro benzene ring substituents is 1. The lowest BCUT2D eigenvalue weighted by atomic mass is 10.3. The van der Waals surface area contributed by atoms with Crippen LogP contribution in [0.25, 0.3) is 5.69 Å². The van der Waals surface area contributed by atoms with Crippen molar-refractivity contribution < 1.29 is 19.2 Å². The predicted octanol–water partition coefficient (Wildman–Crippen LogP) is 2.43. The van der Waals surface area contributed by atoms with Crippen molar-refractivity contribution in [3.8, 4) is 11.4 Å². The van der Waals surface area contributed by atoms with Gasteiger partial charge in [0.1, 0.15) is 24.3 Å². The second-order valence-corrected chi connectivity index (χ2v) is 6.24. The molecule has 1 heterocycles. The minimum atomic E-state index is -0.983. The van der Waals surface area contributed by atoms with Gasteiger partial charge in [0.2, 0.25) is 0 Å². The van der Waals surface area contributed by atoms with E-state index in [1.54, 1.807) is 19.2 Å². The molecule has 8 nitrogen and oxygen atoms in total. The Bertz CT molecular complexity index is 1040. The summed E-state index contributed by atoms with van der Waals surface area (Å²) in [5, 5.41) is 21.1. The highest BCUT2D eigenvalue weighted by atomic mass is 19.1. The summed E-state index contributed by atoms with van der Waals surface area (Å²) in [5.41, 5.74) is 0.382. The molecule has 0 saturated heterocycles. The van der Waals surface area contributed by atoms with Crippen molar-refractivity contribution in [3.05, 3.63) is 86.8 Å². The standard InChI is InChI=1S/C19H18FN3O5/c1-13-10-21(11-17(24)12-28-18-7-5-14(20)6-8-18)19(25)22(13)15-3-2-4-16(9-15)23(26)27/h2-10,17,24H,11-12H2,1H3. The first-order valence-electron chi connectivity index (χ1n) is 8.45. The number of benzene rings is 2. The van der Waals surface area contributed by atoms with Crippen molar-refractivity contribution >= 4 is 5.69 Å².